The second-order valence-corrected chi connectivity index (χ2v) is 7.57. The average Bonchev–Trinajstić information content (AvgIpc) is 2.94. The lowest BCUT2D eigenvalue weighted by molar-refractivity contribution is -0.0431. The molecule has 7 nitrogen and oxygen atoms in total. The van der Waals surface area contributed by atoms with Crippen molar-refractivity contribution in [3.63, 3.8) is 0 Å². The first-order valence-electron chi connectivity index (χ1n) is 9.21. The second-order valence-electron chi connectivity index (χ2n) is 7.57. The fraction of sp³-hybridized carbons (Fsp3) is 0.722. The maximum Gasteiger partial charge on any atom is 0.416 e. The van der Waals surface area contributed by atoms with E-state index in [1.54, 1.807) is 11.1 Å². The first-order chi connectivity index (χ1) is 12.1. The summed E-state index contributed by atoms with van der Waals surface area (Å²) in [6.07, 6.45) is 8.09. The van der Waals surface area contributed by atoms with Gasteiger partial charge in [0.15, 0.2) is 5.82 Å². The van der Waals surface area contributed by atoms with E-state index < -0.39 is 5.60 Å². The van der Waals surface area contributed by atoms with Crippen molar-refractivity contribution in [3.05, 3.63) is 18.1 Å². The molecular weight excluding hydrogens is 320 g/mol. The molecule has 1 aromatic rings. The maximum atomic E-state index is 12.3. The van der Waals surface area contributed by atoms with E-state index in [0.29, 0.717) is 31.5 Å². The first kappa shape index (κ1) is 16.7. The van der Waals surface area contributed by atoms with Crippen molar-refractivity contribution in [2.45, 2.75) is 37.7 Å². The van der Waals surface area contributed by atoms with Crippen molar-refractivity contribution in [2.24, 2.45) is 5.92 Å². The van der Waals surface area contributed by atoms with Gasteiger partial charge in [0.2, 0.25) is 0 Å². The summed E-state index contributed by atoms with van der Waals surface area (Å²) in [5.74, 6) is 1.26. The first-order valence-corrected chi connectivity index (χ1v) is 9.21. The number of nitrogens with zero attached hydrogens (tertiary/aromatic N) is 4. The van der Waals surface area contributed by atoms with E-state index in [2.05, 4.69) is 21.9 Å². The number of anilines is 1. The molecule has 7 heteroatoms. The third kappa shape index (κ3) is 3.62. The van der Waals surface area contributed by atoms with Gasteiger partial charge in [0.25, 0.3) is 0 Å². The highest BCUT2D eigenvalue weighted by Gasteiger charge is 2.47. The summed E-state index contributed by atoms with van der Waals surface area (Å²) in [6.45, 7) is 4.13. The van der Waals surface area contributed by atoms with E-state index >= 15 is 0 Å². The molecule has 0 atom stereocenters. The number of hydrogen-bond acceptors (Lipinski definition) is 6. The Morgan fingerprint density at radius 3 is 2.64 bits per heavy atom. The van der Waals surface area contributed by atoms with Crippen LogP contribution < -0.4 is 4.90 Å². The summed E-state index contributed by atoms with van der Waals surface area (Å²) in [5, 5.41) is 0. The standard InChI is InChI=1S/C18H26N4O3/c1-21-6-2-14(3-7-21)10-15-11-20-16(12-19-15)22-13-18(25-17(22)23)4-8-24-9-5-18/h11-12,14H,2-10,13H2,1H3. The smallest absolute Gasteiger partial charge is 0.416 e. The van der Waals surface area contributed by atoms with Gasteiger partial charge < -0.3 is 14.4 Å². The molecule has 3 aliphatic rings. The lowest BCUT2D eigenvalue weighted by Gasteiger charge is -2.30. The molecule has 1 aromatic heterocycles. The Morgan fingerprint density at radius 1 is 1.20 bits per heavy atom. The third-order valence-electron chi connectivity index (χ3n) is 5.68. The van der Waals surface area contributed by atoms with Gasteiger partial charge in [0.05, 0.1) is 37.8 Å². The molecule has 0 radical (unpaired) electrons. The second kappa shape index (κ2) is 6.88. The van der Waals surface area contributed by atoms with Crippen molar-refractivity contribution >= 4 is 11.9 Å². The molecular formula is C18H26N4O3. The quantitative estimate of drug-likeness (QED) is 0.832. The van der Waals surface area contributed by atoms with Crippen LogP contribution >= 0.6 is 0 Å². The van der Waals surface area contributed by atoms with Gasteiger partial charge in [-0.3, -0.25) is 9.88 Å². The van der Waals surface area contributed by atoms with Crippen LogP contribution in [0.1, 0.15) is 31.4 Å². The maximum absolute atomic E-state index is 12.3. The molecule has 3 saturated heterocycles. The lowest BCUT2D eigenvalue weighted by Crippen LogP contribution is -2.40. The molecule has 1 amide bonds. The summed E-state index contributed by atoms with van der Waals surface area (Å²) < 4.78 is 11.0. The van der Waals surface area contributed by atoms with E-state index in [1.165, 1.54) is 12.8 Å². The Kier molecular flexibility index (Phi) is 4.60. The minimum atomic E-state index is -0.413. The van der Waals surface area contributed by atoms with Gasteiger partial charge in [-0.2, -0.15) is 0 Å². The highest BCUT2D eigenvalue weighted by Crippen LogP contribution is 2.34. The van der Waals surface area contributed by atoms with Gasteiger partial charge in [-0.15, -0.1) is 0 Å². The van der Waals surface area contributed by atoms with Crippen LogP contribution in [0, 0.1) is 5.92 Å². The third-order valence-corrected chi connectivity index (χ3v) is 5.68. The van der Waals surface area contributed by atoms with E-state index in [1.807, 2.05) is 6.20 Å². The summed E-state index contributed by atoms with van der Waals surface area (Å²) in [7, 11) is 2.17. The number of piperidine rings is 1. The molecule has 3 aliphatic heterocycles. The largest absolute Gasteiger partial charge is 0.440 e. The number of carbonyl (C=O) groups excluding carboxylic acids is 1. The zero-order chi connectivity index (χ0) is 17.3. The molecule has 1 spiro atoms. The van der Waals surface area contributed by atoms with Gasteiger partial charge in [-0.1, -0.05) is 0 Å². The van der Waals surface area contributed by atoms with Crippen LogP contribution in [0.15, 0.2) is 12.4 Å². The normalized spacial score (nSPS) is 24.7. The molecule has 4 rings (SSSR count). The van der Waals surface area contributed by atoms with Gasteiger partial charge in [-0.05, 0) is 45.3 Å². The summed E-state index contributed by atoms with van der Waals surface area (Å²) in [5.41, 5.74) is 0.593. The van der Waals surface area contributed by atoms with Crippen LogP contribution in [0.25, 0.3) is 0 Å². The summed E-state index contributed by atoms with van der Waals surface area (Å²) in [6, 6.07) is 0. The van der Waals surface area contributed by atoms with Gasteiger partial charge in [0, 0.05) is 12.8 Å². The lowest BCUT2D eigenvalue weighted by atomic mass is 9.92. The molecule has 0 bridgehead atoms. The van der Waals surface area contributed by atoms with Crippen LogP contribution in [0.2, 0.25) is 0 Å². The number of ether oxygens (including phenoxy) is 2. The number of carbonyl (C=O) groups is 1. The van der Waals surface area contributed by atoms with Crippen molar-refractivity contribution in [3.8, 4) is 0 Å². The molecule has 0 aromatic carbocycles. The van der Waals surface area contributed by atoms with Crippen molar-refractivity contribution < 1.29 is 14.3 Å². The molecule has 136 valence electrons. The van der Waals surface area contributed by atoms with Gasteiger partial charge in [-0.25, -0.2) is 9.78 Å². The summed E-state index contributed by atoms with van der Waals surface area (Å²) >= 11 is 0. The Morgan fingerprint density at radius 2 is 1.96 bits per heavy atom. The van der Waals surface area contributed by atoms with Crippen LogP contribution in [0.3, 0.4) is 0 Å². The number of likely N-dealkylation sites (tertiary alicyclic amines) is 1. The minimum absolute atomic E-state index is 0.320. The molecule has 4 heterocycles. The molecule has 0 aliphatic carbocycles. The van der Waals surface area contributed by atoms with Gasteiger partial charge in [0.1, 0.15) is 5.60 Å². The predicted octanol–water partition coefficient (Wildman–Crippen LogP) is 1.87. The van der Waals surface area contributed by atoms with Crippen molar-refractivity contribution in [1.82, 2.24) is 14.9 Å². The van der Waals surface area contributed by atoms with E-state index in [4.69, 9.17) is 9.47 Å². The molecule has 3 fully saturated rings. The minimum Gasteiger partial charge on any atom is -0.440 e. The Bertz CT molecular complexity index is 607. The fourth-order valence-corrected chi connectivity index (χ4v) is 3.96. The number of hydrogen-bond donors (Lipinski definition) is 0. The van der Waals surface area contributed by atoms with Crippen molar-refractivity contribution in [2.75, 3.05) is 44.8 Å². The average molecular weight is 346 g/mol. The van der Waals surface area contributed by atoms with E-state index in [9.17, 15) is 4.79 Å². The van der Waals surface area contributed by atoms with E-state index in [0.717, 1.165) is 38.0 Å². The Balaban J connectivity index is 1.39. The Labute approximate surface area is 148 Å². The highest BCUT2D eigenvalue weighted by atomic mass is 16.6. The fourth-order valence-electron chi connectivity index (χ4n) is 3.96. The SMILES string of the molecule is CN1CCC(Cc2cnc(N3CC4(CCOCC4)OC3=O)cn2)CC1. The van der Waals surface area contributed by atoms with E-state index in [-0.39, 0.29) is 6.09 Å². The number of amides is 1. The monoisotopic (exact) mass is 346 g/mol. The van der Waals surface area contributed by atoms with Crippen molar-refractivity contribution in [1.29, 1.82) is 0 Å². The highest BCUT2D eigenvalue weighted by molar-refractivity contribution is 5.89. The number of rotatable bonds is 3. The van der Waals surface area contributed by atoms with Crippen LogP contribution in [0.4, 0.5) is 10.6 Å². The topological polar surface area (TPSA) is 67.8 Å². The number of aromatic nitrogens is 2. The van der Waals surface area contributed by atoms with Crippen LogP contribution in [-0.2, 0) is 15.9 Å². The van der Waals surface area contributed by atoms with Crippen LogP contribution in [-0.4, -0.2) is 66.5 Å². The van der Waals surface area contributed by atoms with Crippen LogP contribution in [0.5, 0.6) is 0 Å². The Hall–Kier alpha value is -1.73. The molecule has 25 heavy (non-hydrogen) atoms. The summed E-state index contributed by atoms with van der Waals surface area (Å²) in [4.78, 5) is 25.3. The zero-order valence-corrected chi connectivity index (χ0v) is 14.8. The predicted molar refractivity (Wildman–Crippen MR) is 92.6 cm³/mol. The van der Waals surface area contributed by atoms with Gasteiger partial charge >= 0.3 is 6.09 Å². The molecule has 0 unspecified atom stereocenters. The molecule has 0 saturated carbocycles. The zero-order valence-electron chi connectivity index (χ0n) is 14.8. The molecule has 0 N–H and O–H groups in total.